The molecule has 6 rings (SSSR count). The second-order valence-corrected chi connectivity index (χ2v) is 11.1. The number of fused-ring (bicyclic) bond motifs is 5. The van der Waals surface area contributed by atoms with Gasteiger partial charge in [-0.2, -0.15) is 0 Å². The van der Waals surface area contributed by atoms with Crippen LogP contribution >= 0.6 is 15.9 Å². The third-order valence-corrected chi connectivity index (χ3v) is 8.68. The topological polar surface area (TPSA) is 84.0 Å². The van der Waals surface area contributed by atoms with Gasteiger partial charge in [0.05, 0.1) is 23.4 Å². The molecule has 5 atom stereocenters. The van der Waals surface area contributed by atoms with Gasteiger partial charge in [0.25, 0.3) is 0 Å². The molecule has 4 aliphatic rings. The molecule has 2 aromatic carbocycles. The van der Waals surface area contributed by atoms with Gasteiger partial charge in [0.2, 0.25) is 17.7 Å². The van der Waals surface area contributed by atoms with Crippen LogP contribution in [0.4, 0.5) is 11.4 Å². The fraction of sp³-hybridized carbons (Fsp3) is 0.407. The Morgan fingerprint density at radius 1 is 0.971 bits per heavy atom. The Kier molecular flexibility index (Phi) is 5.32. The minimum atomic E-state index is -0.567. The quantitative estimate of drug-likeness (QED) is 0.331. The predicted octanol–water partition coefficient (Wildman–Crippen LogP) is 4.25. The van der Waals surface area contributed by atoms with Gasteiger partial charge in [-0.1, -0.05) is 15.9 Å². The number of aryl methyl sites for hydroxylation is 1. The molecule has 2 aromatic rings. The molecule has 8 heteroatoms. The average molecular weight is 537 g/mol. The van der Waals surface area contributed by atoms with Crippen molar-refractivity contribution in [2.24, 2.45) is 29.6 Å². The van der Waals surface area contributed by atoms with Gasteiger partial charge < -0.3 is 9.64 Å². The maximum Gasteiger partial charge on any atom is 0.316 e. The van der Waals surface area contributed by atoms with E-state index in [1.807, 2.05) is 31.2 Å². The molecule has 2 saturated carbocycles. The number of imide groups is 1. The molecular formula is C27H25BrN2O5. The third-order valence-electron chi connectivity index (χ3n) is 8.15. The van der Waals surface area contributed by atoms with Crippen molar-refractivity contribution in [3.05, 3.63) is 52.5 Å². The van der Waals surface area contributed by atoms with Crippen LogP contribution in [-0.2, 0) is 19.2 Å². The molecule has 2 heterocycles. The molecule has 0 N–H and O–H groups in total. The molecule has 2 saturated heterocycles. The monoisotopic (exact) mass is 536 g/mol. The molecule has 0 spiro atoms. The van der Waals surface area contributed by atoms with Crippen molar-refractivity contribution in [3.63, 3.8) is 0 Å². The highest BCUT2D eigenvalue weighted by Crippen LogP contribution is 2.56. The summed E-state index contributed by atoms with van der Waals surface area (Å²) in [4.78, 5) is 54.6. The summed E-state index contributed by atoms with van der Waals surface area (Å²) >= 11 is 3.38. The van der Waals surface area contributed by atoms with Gasteiger partial charge in [0, 0.05) is 23.1 Å². The lowest BCUT2D eigenvalue weighted by molar-refractivity contribution is -0.139. The largest absolute Gasteiger partial charge is 0.426 e. The van der Waals surface area contributed by atoms with Crippen LogP contribution in [0.25, 0.3) is 0 Å². The number of ether oxygens (including phenoxy) is 1. The van der Waals surface area contributed by atoms with E-state index in [1.165, 1.54) is 4.90 Å². The Balaban J connectivity index is 1.15. The van der Waals surface area contributed by atoms with E-state index in [1.54, 1.807) is 23.1 Å². The van der Waals surface area contributed by atoms with Gasteiger partial charge in [-0.15, -0.1) is 0 Å². The SMILES string of the molecule is Cc1cc(OC(=O)[C@@H]2CC(=O)N(c3ccc(Br)cc3)C2)ccc1N1C(=O)[C@H]2[C@H]3CC[C@@H](C3)[C@@H]2C1=O. The van der Waals surface area contributed by atoms with Gasteiger partial charge in [-0.3, -0.25) is 19.2 Å². The van der Waals surface area contributed by atoms with E-state index in [2.05, 4.69) is 15.9 Å². The molecule has 35 heavy (non-hydrogen) atoms. The summed E-state index contributed by atoms with van der Waals surface area (Å²) < 4.78 is 6.52. The van der Waals surface area contributed by atoms with Crippen molar-refractivity contribution in [2.75, 3.05) is 16.3 Å². The highest BCUT2D eigenvalue weighted by Gasteiger charge is 2.61. The summed E-state index contributed by atoms with van der Waals surface area (Å²) in [5.41, 5.74) is 2.00. The Labute approximate surface area is 211 Å². The normalized spacial score (nSPS) is 29.3. The molecular weight excluding hydrogens is 512 g/mol. The lowest BCUT2D eigenvalue weighted by Crippen LogP contribution is -2.33. The number of rotatable bonds is 4. The molecule has 4 fully saturated rings. The smallest absolute Gasteiger partial charge is 0.316 e. The summed E-state index contributed by atoms with van der Waals surface area (Å²) in [5.74, 6) is -0.673. The highest BCUT2D eigenvalue weighted by molar-refractivity contribution is 9.10. The molecule has 2 bridgehead atoms. The number of carbonyl (C=O) groups is 4. The fourth-order valence-corrected chi connectivity index (χ4v) is 6.79. The predicted molar refractivity (Wildman–Crippen MR) is 132 cm³/mol. The first-order valence-corrected chi connectivity index (χ1v) is 12.9. The third kappa shape index (κ3) is 3.61. The Morgan fingerprint density at radius 2 is 1.63 bits per heavy atom. The maximum absolute atomic E-state index is 13.2. The molecule has 0 aromatic heterocycles. The van der Waals surface area contributed by atoms with E-state index in [0.29, 0.717) is 28.8 Å². The highest BCUT2D eigenvalue weighted by atomic mass is 79.9. The average Bonchev–Trinajstić information content (AvgIpc) is 3.59. The van der Waals surface area contributed by atoms with Crippen LogP contribution in [0.3, 0.4) is 0 Å². The zero-order chi connectivity index (χ0) is 24.4. The summed E-state index contributed by atoms with van der Waals surface area (Å²) in [7, 11) is 0. The van der Waals surface area contributed by atoms with E-state index in [9.17, 15) is 19.2 Å². The second-order valence-electron chi connectivity index (χ2n) is 10.1. The lowest BCUT2D eigenvalue weighted by Gasteiger charge is -2.20. The second kappa shape index (κ2) is 8.29. The Bertz CT molecular complexity index is 1230. The van der Waals surface area contributed by atoms with Gasteiger partial charge in [-0.05, 0) is 86.1 Å². The molecule has 2 aliphatic heterocycles. The van der Waals surface area contributed by atoms with Crippen LogP contribution < -0.4 is 14.5 Å². The summed E-state index contributed by atoms with van der Waals surface area (Å²) in [6, 6.07) is 12.4. The van der Waals surface area contributed by atoms with E-state index in [4.69, 9.17) is 4.74 Å². The van der Waals surface area contributed by atoms with E-state index < -0.39 is 11.9 Å². The number of halogens is 1. The molecule has 3 amide bonds. The van der Waals surface area contributed by atoms with Crippen molar-refractivity contribution in [2.45, 2.75) is 32.6 Å². The molecule has 2 aliphatic carbocycles. The Hall–Kier alpha value is -3.00. The number of esters is 1. The summed E-state index contributed by atoms with van der Waals surface area (Å²) in [5, 5.41) is 0. The van der Waals surface area contributed by atoms with Crippen LogP contribution in [0, 0.1) is 36.5 Å². The summed E-state index contributed by atoms with van der Waals surface area (Å²) in [6.07, 6.45) is 3.16. The van der Waals surface area contributed by atoms with Crippen molar-refractivity contribution in [1.29, 1.82) is 0 Å². The first-order valence-electron chi connectivity index (χ1n) is 12.1. The first-order chi connectivity index (χ1) is 16.8. The number of nitrogens with zero attached hydrogens (tertiary/aromatic N) is 2. The van der Waals surface area contributed by atoms with Crippen molar-refractivity contribution in [1.82, 2.24) is 0 Å². The van der Waals surface area contributed by atoms with Gasteiger partial charge in [0.1, 0.15) is 5.75 Å². The summed E-state index contributed by atoms with van der Waals surface area (Å²) in [6.45, 7) is 2.07. The standard InChI is InChI=1S/C27H25BrN2O5/c1-14-10-20(35-27(34)17-12-22(31)29(13-17)19-6-4-18(28)5-7-19)8-9-21(14)30-25(32)23-15-2-3-16(11-15)24(23)26(30)33/h4-10,15-17,23-24H,2-3,11-13H2,1H3/t15-,16-,17+,23-,24-/m0/s1. The number of anilines is 2. The number of carbonyl (C=O) groups excluding carboxylic acids is 4. The molecule has 7 nitrogen and oxygen atoms in total. The van der Waals surface area contributed by atoms with Crippen molar-refractivity contribution >= 4 is 51.0 Å². The number of amides is 3. The maximum atomic E-state index is 13.2. The van der Waals surface area contributed by atoms with Crippen LogP contribution in [0.1, 0.15) is 31.2 Å². The number of benzene rings is 2. The van der Waals surface area contributed by atoms with Gasteiger partial charge in [0.15, 0.2) is 0 Å². The van der Waals surface area contributed by atoms with E-state index in [0.717, 1.165) is 29.4 Å². The number of hydrogen-bond acceptors (Lipinski definition) is 5. The Morgan fingerprint density at radius 3 is 2.26 bits per heavy atom. The lowest BCUT2D eigenvalue weighted by atomic mass is 9.81. The van der Waals surface area contributed by atoms with Gasteiger partial charge >= 0.3 is 5.97 Å². The molecule has 0 radical (unpaired) electrons. The molecule has 180 valence electrons. The zero-order valence-corrected chi connectivity index (χ0v) is 20.9. The first kappa shape index (κ1) is 22.5. The minimum absolute atomic E-state index is 0.0856. The molecule has 0 unspecified atom stereocenters. The van der Waals surface area contributed by atoms with Crippen LogP contribution in [-0.4, -0.2) is 30.2 Å². The van der Waals surface area contributed by atoms with E-state index >= 15 is 0 Å². The van der Waals surface area contributed by atoms with Crippen molar-refractivity contribution in [3.8, 4) is 5.75 Å². The van der Waals surface area contributed by atoms with Gasteiger partial charge in [-0.25, -0.2) is 4.90 Å². The van der Waals surface area contributed by atoms with Crippen LogP contribution in [0.2, 0.25) is 0 Å². The van der Waals surface area contributed by atoms with Crippen molar-refractivity contribution < 1.29 is 23.9 Å². The van der Waals surface area contributed by atoms with Crippen LogP contribution in [0.15, 0.2) is 46.9 Å². The van der Waals surface area contributed by atoms with Crippen LogP contribution in [0.5, 0.6) is 5.75 Å². The fourth-order valence-electron chi connectivity index (χ4n) is 6.52. The minimum Gasteiger partial charge on any atom is -0.426 e. The van der Waals surface area contributed by atoms with E-state index in [-0.39, 0.29) is 42.5 Å². The zero-order valence-electron chi connectivity index (χ0n) is 19.3. The number of hydrogen-bond donors (Lipinski definition) is 0.